The van der Waals surface area contributed by atoms with E-state index in [0.29, 0.717) is 11.3 Å². The molecule has 0 aliphatic heterocycles. The molecule has 152 valence electrons. The summed E-state index contributed by atoms with van der Waals surface area (Å²) in [5.41, 5.74) is 0.642. The molecule has 0 heterocycles. The van der Waals surface area contributed by atoms with Crippen molar-refractivity contribution in [1.82, 2.24) is 0 Å². The van der Waals surface area contributed by atoms with Gasteiger partial charge >= 0.3 is 0 Å². The third kappa shape index (κ3) is 9.07. The number of carbonyl (C=O) groups excluding carboxylic acids is 1. The van der Waals surface area contributed by atoms with Crippen molar-refractivity contribution in [3.05, 3.63) is 54.1 Å². The van der Waals surface area contributed by atoms with Crippen molar-refractivity contribution in [3.63, 3.8) is 0 Å². The standard InChI is InChI=1S/C25H34O3/c1-2-3-4-5-6-7-8-9-10-11-20-27-23-16-18-25(19-17-23)28-24-14-12-22(21-26)13-15-24/h12-19,21H,2-11,20H2,1H3. The molecule has 28 heavy (non-hydrogen) atoms. The molecule has 2 rings (SSSR count). The highest BCUT2D eigenvalue weighted by molar-refractivity contribution is 5.74. The van der Waals surface area contributed by atoms with Crippen LogP contribution in [-0.2, 0) is 0 Å². The summed E-state index contributed by atoms with van der Waals surface area (Å²) >= 11 is 0. The lowest BCUT2D eigenvalue weighted by molar-refractivity contribution is 0.112. The van der Waals surface area contributed by atoms with E-state index in [1.54, 1.807) is 24.3 Å². The molecule has 0 saturated heterocycles. The summed E-state index contributed by atoms with van der Waals surface area (Å²) in [7, 11) is 0. The molecule has 3 heteroatoms. The summed E-state index contributed by atoms with van der Waals surface area (Å²) < 4.78 is 11.6. The van der Waals surface area contributed by atoms with Crippen LogP contribution in [0.2, 0.25) is 0 Å². The van der Waals surface area contributed by atoms with E-state index < -0.39 is 0 Å². The van der Waals surface area contributed by atoms with Crippen LogP contribution in [0.3, 0.4) is 0 Å². The van der Waals surface area contributed by atoms with Gasteiger partial charge in [0.25, 0.3) is 0 Å². The summed E-state index contributed by atoms with van der Waals surface area (Å²) in [4.78, 5) is 10.7. The third-order valence-electron chi connectivity index (χ3n) is 4.84. The van der Waals surface area contributed by atoms with E-state index in [1.165, 1.54) is 57.8 Å². The molecule has 0 aliphatic rings. The number of ether oxygens (including phenoxy) is 2. The summed E-state index contributed by atoms with van der Waals surface area (Å²) in [6.07, 6.45) is 14.1. The van der Waals surface area contributed by atoms with Crippen LogP contribution in [0.1, 0.15) is 81.5 Å². The minimum Gasteiger partial charge on any atom is -0.494 e. The lowest BCUT2D eigenvalue weighted by Crippen LogP contribution is -1.97. The Morgan fingerprint density at radius 2 is 1.11 bits per heavy atom. The van der Waals surface area contributed by atoms with Gasteiger partial charge < -0.3 is 9.47 Å². The van der Waals surface area contributed by atoms with Gasteiger partial charge in [-0.1, -0.05) is 64.7 Å². The predicted molar refractivity (Wildman–Crippen MR) is 116 cm³/mol. The van der Waals surface area contributed by atoms with Gasteiger partial charge in [-0.2, -0.15) is 0 Å². The molecule has 2 aromatic rings. The molecule has 0 radical (unpaired) electrons. The molecular weight excluding hydrogens is 348 g/mol. The van der Waals surface area contributed by atoms with Gasteiger partial charge in [-0.05, 0) is 55.0 Å². The van der Waals surface area contributed by atoms with E-state index in [4.69, 9.17) is 9.47 Å². The number of hydrogen-bond acceptors (Lipinski definition) is 3. The SMILES string of the molecule is CCCCCCCCCCCCOc1ccc(Oc2ccc(C=O)cc2)cc1. The zero-order valence-corrected chi connectivity index (χ0v) is 17.2. The molecular formula is C25H34O3. The summed E-state index contributed by atoms with van der Waals surface area (Å²) in [5.74, 6) is 2.34. The minimum atomic E-state index is 0.642. The molecule has 0 aliphatic carbocycles. The predicted octanol–water partition coefficient (Wildman–Crippen LogP) is 7.59. The van der Waals surface area contributed by atoms with Gasteiger partial charge in [0.1, 0.15) is 23.5 Å². The topological polar surface area (TPSA) is 35.5 Å². The Kier molecular flexibility index (Phi) is 10.9. The largest absolute Gasteiger partial charge is 0.494 e. The molecule has 0 saturated carbocycles. The summed E-state index contributed by atoms with van der Waals surface area (Å²) in [6.45, 7) is 3.03. The first kappa shape index (κ1) is 22.0. The molecule has 0 amide bonds. The van der Waals surface area contributed by atoms with E-state index >= 15 is 0 Å². The van der Waals surface area contributed by atoms with E-state index in [0.717, 1.165) is 30.8 Å². The van der Waals surface area contributed by atoms with Crippen LogP contribution in [0.15, 0.2) is 48.5 Å². The zero-order valence-electron chi connectivity index (χ0n) is 17.2. The number of rotatable bonds is 15. The minimum absolute atomic E-state index is 0.642. The number of aldehydes is 1. The molecule has 3 nitrogen and oxygen atoms in total. The number of carbonyl (C=O) groups is 1. The van der Waals surface area contributed by atoms with E-state index in [2.05, 4.69) is 6.92 Å². The summed E-state index contributed by atoms with van der Waals surface area (Å²) in [6, 6.07) is 14.7. The maximum atomic E-state index is 10.7. The van der Waals surface area contributed by atoms with Gasteiger partial charge in [-0.25, -0.2) is 0 Å². The fourth-order valence-corrected chi connectivity index (χ4v) is 3.13. The smallest absolute Gasteiger partial charge is 0.150 e. The van der Waals surface area contributed by atoms with Crippen LogP contribution in [0, 0.1) is 0 Å². The van der Waals surface area contributed by atoms with Gasteiger partial charge in [0, 0.05) is 5.56 Å². The third-order valence-corrected chi connectivity index (χ3v) is 4.84. The number of hydrogen-bond donors (Lipinski definition) is 0. The highest BCUT2D eigenvalue weighted by Crippen LogP contribution is 2.24. The molecule has 0 spiro atoms. The van der Waals surface area contributed by atoms with Crippen molar-refractivity contribution in [2.24, 2.45) is 0 Å². The molecule has 0 N–H and O–H groups in total. The highest BCUT2D eigenvalue weighted by Gasteiger charge is 2.00. The van der Waals surface area contributed by atoms with Crippen LogP contribution < -0.4 is 9.47 Å². The maximum Gasteiger partial charge on any atom is 0.150 e. The Bertz CT molecular complexity index is 646. The van der Waals surface area contributed by atoms with Gasteiger partial charge in [0.2, 0.25) is 0 Å². The second-order valence-electron chi connectivity index (χ2n) is 7.29. The quantitative estimate of drug-likeness (QED) is 0.235. The average Bonchev–Trinajstić information content (AvgIpc) is 2.74. The molecule has 0 unspecified atom stereocenters. The van der Waals surface area contributed by atoms with Gasteiger partial charge in [0.05, 0.1) is 6.61 Å². The first-order valence-electron chi connectivity index (χ1n) is 10.8. The first-order valence-corrected chi connectivity index (χ1v) is 10.8. The molecule has 0 atom stereocenters. The molecule has 2 aromatic carbocycles. The Morgan fingerprint density at radius 1 is 0.643 bits per heavy atom. The van der Waals surface area contributed by atoms with Gasteiger partial charge in [-0.3, -0.25) is 4.79 Å². The van der Waals surface area contributed by atoms with Crippen LogP contribution in [-0.4, -0.2) is 12.9 Å². The van der Waals surface area contributed by atoms with Crippen LogP contribution in [0.5, 0.6) is 17.2 Å². The highest BCUT2D eigenvalue weighted by atomic mass is 16.5. The Hall–Kier alpha value is -2.29. The van der Waals surface area contributed by atoms with Crippen molar-refractivity contribution in [2.75, 3.05) is 6.61 Å². The van der Waals surface area contributed by atoms with Crippen molar-refractivity contribution in [2.45, 2.75) is 71.1 Å². The molecule has 0 bridgehead atoms. The molecule has 0 aromatic heterocycles. The second kappa shape index (κ2) is 13.8. The zero-order chi connectivity index (χ0) is 19.9. The van der Waals surface area contributed by atoms with Crippen LogP contribution in [0.25, 0.3) is 0 Å². The lowest BCUT2D eigenvalue weighted by atomic mass is 10.1. The second-order valence-corrected chi connectivity index (χ2v) is 7.29. The lowest BCUT2D eigenvalue weighted by Gasteiger charge is -2.09. The molecule has 0 fully saturated rings. The van der Waals surface area contributed by atoms with Crippen molar-refractivity contribution >= 4 is 6.29 Å². The van der Waals surface area contributed by atoms with E-state index in [9.17, 15) is 4.79 Å². The normalized spacial score (nSPS) is 10.6. The average molecular weight is 383 g/mol. The van der Waals surface area contributed by atoms with E-state index in [-0.39, 0.29) is 0 Å². The number of unbranched alkanes of at least 4 members (excludes halogenated alkanes) is 9. The van der Waals surface area contributed by atoms with Crippen molar-refractivity contribution < 1.29 is 14.3 Å². The number of benzene rings is 2. The Labute approximate surface area is 170 Å². The monoisotopic (exact) mass is 382 g/mol. The Morgan fingerprint density at radius 3 is 1.64 bits per heavy atom. The summed E-state index contributed by atoms with van der Waals surface area (Å²) in [5, 5.41) is 0. The van der Waals surface area contributed by atoms with Crippen molar-refractivity contribution in [3.8, 4) is 17.2 Å². The van der Waals surface area contributed by atoms with Gasteiger partial charge in [0.15, 0.2) is 0 Å². The van der Waals surface area contributed by atoms with Crippen LogP contribution >= 0.6 is 0 Å². The van der Waals surface area contributed by atoms with Crippen LogP contribution in [0.4, 0.5) is 0 Å². The van der Waals surface area contributed by atoms with Gasteiger partial charge in [-0.15, -0.1) is 0 Å². The van der Waals surface area contributed by atoms with E-state index in [1.807, 2.05) is 24.3 Å². The maximum absolute atomic E-state index is 10.7. The fourth-order valence-electron chi connectivity index (χ4n) is 3.13. The first-order chi connectivity index (χ1) is 13.8. The fraction of sp³-hybridized carbons (Fsp3) is 0.480. The Balaban J connectivity index is 1.54. The van der Waals surface area contributed by atoms with Crippen molar-refractivity contribution in [1.29, 1.82) is 0 Å².